The zero-order chi connectivity index (χ0) is 19.7. The van der Waals surface area contributed by atoms with E-state index in [-0.39, 0.29) is 34.3 Å². The molecule has 0 fully saturated rings. The van der Waals surface area contributed by atoms with Crippen molar-refractivity contribution in [1.82, 2.24) is 4.57 Å². The summed E-state index contributed by atoms with van der Waals surface area (Å²) in [7, 11) is 0. The third kappa shape index (κ3) is 3.23. The van der Waals surface area contributed by atoms with Crippen LogP contribution >= 0.6 is 0 Å². The average molecular weight is 373 g/mol. The standard InChI is InChI=1S/C20H14F3NO3/c1-3-11-7-18-13(9-15(11)22)19(25)14(20(26)27-4-2)10-24(18)17-6-5-12(21)8-16(17)23/h3,5-10H,1,4H2,2H3. The molecule has 4 nitrogen and oxygen atoms in total. The number of pyridine rings is 1. The number of hydrogen-bond acceptors (Lipinski definition) is 3. The van der Waals surface area contributed by atoms with Gasteiger partial charge in [-0.3, -0.25) is 4.79 Å². The molecular formula is C20H14F3NO3. The second-order valence-electron chi connectivity index (χ2n) is 5.65. The summed E-state index contributed by atoms with van der Waals surface area (Å²) >= 11 is 0. The molecule has 2 aromatic carbocycles. The smallest absolute Gasteiger partial charge is 0.343 e. The van der Waals surface area contributed by atoms with E-state index in [4.69, 9.17) is 4.74 Å². The number of rotatable bonds is 4. The van der Waals surface area contributed by atoms with Crippen LogP contribution < -0.4 is 5.43 Å². The van der Waals surface area contributed by atoms with Crippen LogP contribution in [-0.4, -0.2) is 17.1 Å². The first-order chi connectivity index (χ1) is 12.9. The second kappa shape index (κ2) is 7.11. The SMILES string of the molecule is C=Cc1cc2c(cc1F)c(=O)c(C(=O)OCC)cn2-c1ccc(F)cc1F. The fraction of sp³-hybridized carbons (Fsp3) is 0.100. The number of aromatic nitrogens is 1. The third-order valence-corrected chi connectivity index (χ3v) is 4.01. The van der Waals surface area contributed by atoms with Gasteiger partial charge in [0, 0.05) is 23.2 Å². The summed E-state index contributed by atoms with van der Waals surface area (Å²) < 4.78 is 47.9. The highest BCUT2D eigenvalue weighted by Gasteiger charge is 2.20. The molecule has 0 amide bonds. The van der Waals surface area contributed by atoms with Gasteiger partial charge in [0.15, 0.2) is 0 Å². The number of benzene rings is 2. The molecule has 0 N–H and O–H groups in total. The third-order valence-electron chi connectivity index (χ3n) is 4.01. The summed E-state index contributed by atoms with van der Waals surface area (Å²) in [6.45, 7) is 5.08. The van der Waals surface area contributed by atoms with Gasteiger partial charge in [0.2, 0.25) is 5.43 Å². The molecule has 1 aromatic heterocycles. The van der Waals surface area contributed by atoms with Crippen LogP contribution in [0, 0.1) is 17.5 Å². The lowest BCUT2D eigenvalue weighted by Gasteiger charge is -2.15. The maximum absolute atomic E-state index is 14.4. The van der Waals surface area contributed by atoms with Crippen molar-refractivity contribution >= 4 is 22.9 Å². The molecule has 1 heterocycles. The molecule has 0 saturated heterocycles. The summed E-state index contributed by atoms with van der Waals surface area (Å²) in [5.74, 6) is -3.35. The zero-order valence-electron chi connectivity index (χ0n) is 14.3. The molecule has 0 aliphatic heterocycles. The van der Waals surface area contributed by atoms with Crippen molar-refractivity contribution in [2.75, 3.05) is 6.61 Å². The van der Waals surface area contributed by atoms with Crippen molar-refractivity contribution in [3.63, 3.8) is 0 Å². The van der Waals surface area contributed by atoms with E-state index in [1.165, 1.54) is 16.7 Å². The van der Waals surface area contributed by atoms with Crippen molar-refractivity contribution < 1.29 is 22.7 Å². The van der Waals surface area contributed by atoms with Gasteiger partial charge >= 0.3 is 5.97 Å². The van der Waals surface area contributed by atoms with Gasteiger partial charge in [-0.2, -0.15) is 0 Å². The molecule has 0 atom stereocenters. The van der Waals surface area contributed by atoms with Crippen molar-refractivity contribution in [3.05, 3.63) is 81.9 Å². The Morgan fingerprint density at radius 1 is 1.19 bits per heavy atom. The minimum absolute atomic E-state index is 0.0188. The van der Waals surface area contributed by atoms with Crippen molar-refractivity contribution in [1.29, 1.82) is 0 Å². The highest BCUT2D eigenvalue weighted by molar-refractivity contribution is 5.94. The van der Waals surface area contributed by atoms with Crippen LogP contribution in [0.25, 0.3) is 22.7 Å². The topological polar surface area (TPSA) is 48.3 Å². The van der Waals surface area contributed by atoms with Crippen molar-refractivity contribution in [2.45, 2.75) is 6.92 Å². The van der Waals surface area contributed by atoms with Crippen LogP contribution in [0.2, 0.25) is 0 Å². The lowest BCUT2D eigenvalue weighted by Crippen LogP contribution is -2.21. The minimum Gasteiger partial charge on any atom is -0.462 e. The predicted octanol–water partition coefficient (Wildman–Crippen LogP) is 4.23. The molecule has 0 aliphatic rings. The van der Waals surface area contributed by atoms with Gasteiger partial charge in [-0.1, -0.05) is 12.7 Å². The lowest BCUT2D eigenvalue weighted by molar-refractivity contribution is 0.0524. The Morgan fingerprint density at radius 2 is 1.93 bits per heavy atom. The Hall–Kier alpha value is -3.35. The van der Waals surface area contributed by atoms with E-state index in [2.05, 4.69) is 6.58 Å². The van der Waals surface area contributed by atoms with Crippen LogP contribution in [-0.2, 0) is 4.74 Å². The monoisotopic (exact) mass is 373 g/mol. The van der Waals surface area contributed by atoms with Crippen molar-refractivity contribution in [2.24, 2.45) is 0 Å². The number of esters is 1. The van der Waals surface area contributed by atoms with Gasteiger partial charge < -0.3 is 9.30 Å². The van der Waals surface area contributed by atoms with Gasteiger partial charge in [-0.25, -0.2) is 18.0 Å². The maximum atomic E-state index is 14.4. The molecular weight excluding hydrogens is 359 g/mol. The van der Waals surface area contributed by atoms with Gasteiger partial charge in [-0.15, -0.1) is 0 Å². The lowest BCUT2D eigenvalue weighted by atomic mass is 10.1. The van der Waals surface area contributed by atoms with E-state index in [0.717, 1.165) is 24.4 Å². The Labute approximate surface area is 152 Å². The fourth-order valence-corrected chi connectivity index (χ4v) is 2.75. The first-order valence-electron chi connectivity index (χ1n) is 8.01. The molecule has 0 spiro atoms. The van der Waals surface area contributed by atoms with Crippen LogP contribution in [0.15, 0.2) is 47.9 Å². The quantitative estimate of drug-likeness (QED) is 0.643. The van der Waals surface area contributed by atoms with Gasteiger partial charge in [0.25, 0.3) is 0 Å². The summed E-state index contributed by atoms with van der Waals surface area (Å²) in [6.07, 6.45) is 2.34. The molecule has 3 rings (SSSR count). The van der Waals surface area contributed by atoms with Crippen LogP contribution in [0.5, 0.6) is 0 Å². The summed E-state index contributed by atoms with van der Waals surface area (Å²) in [5.41, 5.74) is -1.04. The highest BCUT2D eigenvalue weighted by Crippen LogP contribution is 2.24. The number of ether oxygens (including phenoxy) is 1. The maximum Gasteiger partial charge on any atom is 0.343 e. The number of hydrogen-bond donors (Lipinski definition) is 0. The Morgan fingerprint density at radius 3 is 2.56 bits per heavy atom. The summed E-state index contributed by atoms with van der Waals surface area (Å²) in [4.78, 5) is 24.8. The van der Waals surface area contributed by atoms with Gasteiger partial charge in [-0.05, 0) is 31.2 Å². The van der Waals surface area contributed by atoms with Crippen LogP contribution in [0.3, 0.4) is 0 Å². The van der Waals surface area contributed by atoms with E-state index in [9.17, 15) is 22.8 Å². The number of carbonyl (C=O) groups is 1. The van der Waals surface area contributed by atoms with Crippen molar-refractivity contribution in [3.8, 4) is 5.69 Å². The number of halogens is 3. The van der Waals surface area contributed by atoms with E-state index >= 15 is 0 Å². The van der Waals surface area contributed by atoms with E-state index in [0.29, 0.717) is 6.07 Å². The molecule has 3 aromatic rings. The highest BCUT2D eigenvalue weighted by atomic mass is 19.1. The first kappa shape index (κ1) is 18.4. The molecule has 0 unspecified atom stereocenters. The predicted molar refractivity (Wildman–Crippen MR) is 95.5 cm³/mol. The Kier molecular flexibility index (Phi) is 4.85. The largest absolute Gasteiger partial charge is 0.462 e. The zero-order valence-corrected chi connectivity index (χ0v) is 14.3. The second-order valence-corrected chi connectivity index (χ2v) is 5.65. The van der Waals surface area contributed by atoms with E-state index in [1.54, 1.807) is 6.92 Å². The molecule has 0 radical (unpaired) electrons. The Balaban J connectivity index is 2.45. The summed E-state index contributed by atoms with van der Waals surface area (Å²) in [6, 6.07) is 5.11. The number of fused-ring (bicyclic) bond motifs is 1. The molecule has 0 bridgehead atoms. The van der Waals surface area contributed by atoms with E-state index in [1.807, 2.05) is 0 Å². The summed E-state index contributed by atoms with van der Waals surface area (Å²) in [5, 5.41) is -0.146. The molecule has 138 valence electrons. The van der Waals surface area contributed by atoms with Crippen LogP contribution in [0.4, 0.5) is 13.2 Å². The van der Waals surface area contributed by atoms with Gasteiger partial charge in [0.1, 0.15) is 23.0 Å². The fourth-order valence-electron chi connectivity index (χ4n) is 2.75. The van der Waals surface area contributed by atoms with Crippen LogP contribution in [0.1, 0.15) is 22.8 Å². The normalized spacial score (nSPS) is 10.8. The number of nitrogens with zero attached hydrogens (tertiary/aromatic N) is 1. The Bertz CT molecular complexity index is 1140. The number of carbonyl (C=O) groups excluding carboxylic acids is 1. The van der Waals surface area contributed by atoms with E-state index < -0.39 is 28.8 Å². The molecule has 0 aliphatic carbocycles. The first-order valence-corrected chi connectivity index (χ1v) is 8.01. The minimum atomic E-state index is -0.922. The van der Waals surface area contributed by atoms with Gasteiger partial charge in [0.05, 0.1) is 17.8 Å². The molecule has 27 heavy (non-hydrogen) atoms. The molecule has 7 heteroatoms. The molecule has 0 saturated carbocycles. The average Bonchev–Trinajstić information content (AvgIpc) is 2.63.